The number of aliphatic hydroxyl groups is 5. The lowest BCUT2D eigenvalue weighted by molar-refractivity contribution is -0.112. The van der Waals surface area contributed by atoms with Crippen molar-refractivity contribution in [1.82, 2.24) is 4.98 Å². The van der Waals surface area contributed by atoms with Crippen molar-refractivity contribution >= 4 is 18.9 Å². The van der Waals surface area contributed by atoms with E-state index in [-0.39, 0.29) is 37.0 Å². The monoisotopic (exact) mass is 474 g/mol. The highest BCUT2D eigenvalue weighted by Gasteiger charge is 2.38. The van der Waals surface area contributed by atoms with Gasteiger partial charge in [-0.05, 0) is 26.0 Å². The van der Waals surface area contributed by atoms with Crippen LogP contribution in [0.2, 0.25) is 0 Å². The molecular weight excluding hydrogens is 443 g/mol. The van der Waals surface area contributed by atoms with E-state index in [9.17, 15) is 25.0 Å². The third kappa shape index (κ3) is 6.15. The Kier molecular flexibility index (Phi) is 9.81. The molecule has 4 unspecified atom stereocenters. The topological polar surface area (TPSA) is 166 Å². The summed E-state index contributed by atoms with van der Waals surface area (Å²) < 4.78 is 30.1. The van der Waals surface area contributed by atoms with E-state index in [1.807, 2.05) is 6.07 Å². The lowest BCUT2D eigenvalue weighted by Crippen LogP contribution is -2.49. The quantitative estimate of drug-likeness (QED) is 0.250. The molecule has 12 heteroatoms. The normalized spacial score (nSPS) is 15.9. The van der Waals surface area contributed by atoms with Gasteiger partial charge in [0, 0.05) is 19.2 Å². The van der Waals surface area contributed by atoms with Gasteiger partial charge in [0.1, 0.15) is 24.4 Å². The highest BCUT2D eigenvalue weighted by molar-refractivity contribution is 7.62. The molecule has 0 aliphatic heterocycles. The first-order chi connectivity index (χ1) is 15.2. The van der Waals surface area contributed by atoms with Crippen LogP contribution >= 0.6 is 7.60 Å². The Bertz CT molecular complexity index is 869. The summed E-state index contributed by atoms with van der Waals surface area (Å²) in [7, 11) is -2.39. The maximum atomic E-state index is 13.4. The number of benzene rings is 1. The van der Waals surface area contributed by atoms with Gasteiger partial charge in [-0.15, -0.1) is 0 Å². The van der Waals surface area contributed by atoms with Crippen LogP contribution in [0.5, 0.6) is 0 Å². The molecule has 32 heavy (non-hydrogen) atoms. The second-order valence-corrected chi connectivity index (χ2v) is 8.96. The molecule has 5 N–H and O–H groups in total. The Balaban J connectivity index is 2.41. The summed E-state index contributed by atoms with van der Waals surface area (Å²) in [6.07, 6.45) is -6.75. The lowest BCUT2D eigenvalue weighted by atomic mass is 10.0. The zero-order chi connectivity index (χ0) is 23.9. The number of hydrogen-bond donors (Lipinski definition) is 5. The van der Waals surface area contributed by atoms with Crippen LogP contribution in [-0.4, -0.2) is 88.3 Å². The first-order valence-corrected chi connectivity index (χ1v) is 11.7. The molecule has 0 fully saturated rings. The number of oxazole rings is 1. The largest absolute Gasteiger partial charge is 0.419 e. The maximum absolute atomic E-state index is 13.4. The molecule has 0 aliphatic rings. The maximum Gasteiger partial charge on any atom is 0.385 e. The minimum atomic E-state index is -3.88. The molecule has 1 heterocycles. The van der Waals surface area contributed by atoms with Gasteiger partial charge in [-0.1, -0.05) is 18.2 Å². The van der Waals surface area contributed by atoms with E-state index in [0.29, 0.717) is 5.56 Å². The van der Waals surface area contributed by atoms with Crippen LogP contribution in [-0.2, 0) is 13.6 Å². The van der Waals surface area contributed by atoms with Crippen LogP contribution in [0.3, 0.4) is 0 Å². The molecule has 0 saturated heterocycles. The van der Waals surface area contributed by atoms with Crippen molar-refractivity contribution in [3.8, 4) is 11.5 Å². The second kappa shape index (κ2) is 11.9. The van der Waals surface area contributed by atoms with Crippen LogP contribution in [0, 0.1) is 0 Å². The Morgan fingerprint density at radius 2 is 1.59 bits per heavy atom. The van der Waals surface area contributed by atoms with Gasteiger partial charge >= 0.3 is 7.60 Å². The predicted octanol–water partition coefficient (Wildman–Crippen LogP) is 0.105. The lowest BCUT2D eigenvalue weighted by Gasteiger charge is -2.29. The Morgan fingerprint density at radius 3 is 2.12 bits per heavy atom. The number of aliphatic hydroxyl groups excluding tert-OH is 5. The van der Waals surface area contributed by atoms with Gasteiger partial charge in [0.2, 0.25) is 17.2 Å². The highest BCUT2D eigenvalue weighted by atomic mass is 31.2. The fourth-order valence-corrected chi connectivity index (χ4v) is 4.63. The van der Waals surface area contributed by atoms with Gasteiger partial charge in [-0.3, -0.25) is 4.57 Å². The molecule has 0 saturated carbocycles. The smallest absolute Gasteiger partial charge is 0.385 e. The van der Waals surface area contributed by atoms with Crippen LogP contribution in [0.15, 0.2) is 34.7 Å². The van der Waals surface area contributed by atoms with Crippen LogP contribution in [0.1, 0.15) is 13.8 Å². The summed E-state index contributed by atoms with van der Waals surface area (Å²) >= 11 is 0. The molecule has 0 amide bonds. The summed E-state index contributed by atoms with van der Waals surface area (Å²) in [5.74, 6) is 0.130. The first kappa shape index (κ1) is 26.4. The highest BCUT2D eigenvalue weighted by Crippen LogP contribution is 2.49. The zero-order valence-corrected chi connectivity index (χ0v) is 19.1. The molecule has 2 aromatic rings. The number of aromatic nitrogens is 1. The minimum Gasteiger partial charge on any atom is -0.419 e. The summed E-state index contributed by atoms with van der Waals surface area (Å²) in [5.41, 5.74) is 0.509. The molecule has 1 aromatic heterocycles. The summed E-state index contributed by atoms with van der Waals surface area (Å²) in [4.78, 5) is 5.69. The average Bonchev–Trinajstić information content (AvgIpc) is 3.25. The standard InChI is InChI=1S/C20H31N2O9P/c1-4-29-32(28,30-5-2)19-20(31-18(21-19)13-9-7-6-8-10-13)22(3)11-14(24)16(26)17(27)15(25)12-23/h6-10,14-17,23-27H,4-5,11-12H2,1-3H3. The van der Waals surface area contributed by atoms with E-state index in [1.54, 1.807) is 38.1 Å². The summed E-state index contributed by atoms with van der Waals surface area (Å²) in [6.45, 7) is 2.38. The number of likely N-dealkylation sites (N-methyl/N-ethyl adjacent to an activating group) is 1. The zero-order valence-electron chi connectivity index (χ0n) is 18.2. The predicted molar refractivity (Wildman–Crippen MR) is 117 cm³/mol. The second-order valence-electron chi connectivity index (χ2n) is 7.03. The molecule has 4 atom stereocenters. The fourth-order valence-electron chi connectivity index (χ4n) is 2.97. The fraction of sp³-hybridized carbons (Fsp3) is 0.550. The van der Waals surface area contributed by atoms with E-state index >= 15 is 0 Å². The molecule has 0 radical (unpaired) electrons. The van der Waals surface area contributed by atoms with E-state index < -0.39 is 38.6 Å². The number of rotatable bonds is 13. The van der Waals surface area contributed by atoms with Gasteiger partial charge in [0.25, 0.3) is 0 Å². The molecule has 0 spiro atoms. The van der Waals surface area contributed by atoms with Gasteiger partial charge in [0.05, 0.1) is 19.8 Å². The summed E-state index contributed by atoms with van der Waals surface area (Å²) in [6, 6.07) is 8.87. The van der Waals surface area contributed by atoms with Gasteiger partial charge in [-0.25, -0.2) is 0 Å². The molecule has 0 aliphatic carbocycles. The SMILES string of the molecule is CCOP(=O)(OCC)c1nc(-c2ccccc2)oc1N(C)CC(O)C(O)C(O)C(O)CO. The van der Waals surface area contributed by atoms with Gasteiger partial charge in [-0.2, -0.15) is 4.98 Å². The Morgan fingerprint density at radius 1 is 1.03 bits per heavy atom. The third-order valence-electron chi connectivity index (χ3n) is 4.60. The Hall–Kier alpha value is -1.82. The van der Waals surface area contributed by atoms with Crippen molar-refractivity contribution < 1.29 is 43.6 Å². The Labute approximate surface area is 186 Å². The van der Waals surface area contributed by atoms with E-state index in [4.69, 9.17) is 18.6 Å². The number of hydrogen-bond acceptors (Lipinski definition) is 11. The molecule has 180 valence electrons. The van der Waals surface area contributed by atoms with Crippen molar-refractivity contribution in [3.05, 3.63) is 30.3 Å². The van der Waals surface area contributed by atoms with E-state index in [1.165, 1.54) is 11.9 Å². The van der Waals surface area contributed by atoms with Crippen molar-refractivity contribution in [3.63, 3.8) is 0 Å². The molecule has 2 rings (SSSR count). The average molecular weight is 474 g/mol. The van der Waals surface area contributed by atoms with Crippen LogP contribution < -0.4 is 10.3 Å². The van der Waals surface area contributed by atoms with E-state index in [2.05, 4.69) is 4.98 Å². The van der Waals surface area contributed by atoms with Crippen molar-refractivity contribution in [2.45, 2.75) is 38.3 Å². The van der Waals surface area contributed by atoms with Gasteiger partial charge < -0.3 is 43.9 Å². The van der Waals surface area contributed by atoms with Crippen LogP contribution in [0.25, 0.3) is 11.5 Å². The first-order valence-electron chi connectivity index (χ1n) is 10.2. The molecule has 11 nitrogen and oxygen atoms in total. The number of nitrogens with zero attached hydrogens (tertiary/aromatic N) is 2. The molecule has 1 aromatic carbocycles. The van der Waals surface area contributed by atoms with Crippen LogP contribution in [0.4, 0.5) is 5.88 Å². The minimum absolute atomic E-state index is 0.0162. The van der Waals surface area contributed by atoms with Crippen molar-refractivity contribution in [2.75, 3.05) is 38.3 Å². The molecule has 0 bridgehead atoms. The van der Waals surface area contributed by atoms with Crippen molar-refractivity contribution in [1.29, 1.82) is 0 Å². The number of anilines is 1. The van der Waals surface area contributed by atoms with Gasteiger partial charge in [0.15, 0.2) is 0 Å². The van der Waals surface area contributed by atoms with E-state index in [0.717, 1.165) is 0 Å². The molecular formula is C20H31N2O9P. The third-order valence-corrected chi connectivity index (χ3v) is 6.61. The summed E-state index contributed by atoms with van der Waals surface area (Å²) in [5, 5.41) is 48.8. The van der Waals surface area contributed by atoms with Crippen molar-refractivity contribution in [2.24, 2.45) is 0 Å².